The number of ether oxygens (including phenoxy) is 1. The van der Waals surface area contributed by atoms with Crippen LogP contribution in [0.15, 0.2) is 34.7 Å². The highest BCUT2D eigenvalue weighted by atomic mass is 16.5. The Morgan fingerprint density at radius 2 is 2.05 bits per heavy atom. The minimum Gasteiger partial charge on any atom is -0.504 e. The molecule has 1 heterocycles. The Kier molecular flexibility index (Phi) is 4.13. The van der Waals surface area contributed by atoms with E-state index in [0.717, 1.165) is 0 Å². The van der Waals surface area contributed by atoms with Crippen LogP contribution in [0.2, 0.25) is 0 Å². The fraction of sp³-hybridized carbons (Fsp3) is 0.143. The zero-order valence-corrected chi connectivity index (χ0v) is 11.1. The van der Waals surface area contributed by atoms with Crippen LogP contribution in [0.3, 0.4) is 0 Å². The minimum atomic E-state index is -1.18. The SMILES string of the molecule is COc1cccc(C(=O)NCc2ccc(C(=O)O)o2)c1O. The topological polar surface area (TPSA) is 109 Å². The standard InChI is InChI=1S/C14H13NO6/c1-20-10-4-2-3-9(12(10)16)13(17)15-7-8-5-6-11(21-8)14(18)19/h2-6,16H,7H2,1H3,(H,15,17)(H,18,19). The molecule has 0 aliphatic heterocycles. The van der Waals surface area contributed by atoms with Crippen molar-refractivity contribution in [3.05, 3.63) is 47.4 Å². The van der Waals surface area contributed by atoms with Crippen molar-refractivity contribution in [1.82, 2.24) is 5.32 Å². The number of aromatic hydroxyl groups is 1. The number of hydrogen-bond donors (Lipinski definition) is 3. The highest BCUT2D eigenvalue weighted by Crippen LogP contribution is 2.29. The molecule has 21 heavy (non-hydrogen) atoms. The number of furan rings is 1. The van der Waals surface area contributed by atoms with Crippen molar-refractivity contribution in [1.29, 1.82) is 0 Å². The molecule has 7 heteroatoms. The summed E-state index contributed by atoms with van der Waals surface area (Å²) < 4.78 is 9.92. The molecule has 1 aromatic carbocycles. The molecule has 0 aliphatic rings. The maximum Gasteiger partial charge on any atom is 0.371 e. The number of amides is 1. The van der Waals surface area contributed by atoms with Gasteiger partial charge in [0.05, 0.1) is 19.2 Å². The van der Waals surface area contributed by atoms with Crippen LogP contribution < -0.4 is 10.1 Å². The number of benzene rings is 1. The molecule has 0 spiro atoms. The third-order valence-corrected chi connectivity index (χ3v) is 2.76. The number of carboxylic acids is 1. The van der Waals surface area contributed by atoms with E-state index in [4.69, 9.17) is 14.3 Å². The summed E-state index contributed by atoms with van der Waals surface area (Å²) in [5.74, 6) is -1.69. The Hall–Kier alpha value is -2.96. The zero-order valence-electron chi connectivity index (χ0n) is 11.1. The monoisotopic (exact) mass is 291 g/mol. The highest BCUT2D eigenvalue weighted by Gasteiger charge is 2.15. The van der Waals surface area contributed by atoms with Crippen molar-refractivity contribution in [3.63, 3.8) is 0 Å². The fourth-order valence-electron chi connectivity index (χ4n) is 1.72. The van der Waals surface area contributed by atoms with Gasteiger partial charge >= 0.3 is 5.97 Å². The van der Waals surface area contributed by atoms with Crippen molar-refractivity contribution in [3.8, 4) is 11.5 Å². The van der Waals surface area contributed by atoms with Crippen LogP contribution in [0.25, 0.3) is 0 Å². The lowest BCUT2D eigenvalue weighted by Crippen LogP contribution is -2.22. The van der Waals surface area contributed by atoms with Gasteiger partial charge in [-0.05, 0) is 24.3 Å². The van der Waals surface area contributed by atoms with Gasteiger partial charge in [-0.25, -0.2) is 4.79 Å². The number of phenolic OH excluding ortho intramolecular Hbond substituents is 1. The fourth-order valence-corrected chi connectivity index (χ4v) is 1.72. The first-order chi connectivity index (χ1) is 10.0. The summed E-state index contributed by atoms with van der Waals surface area (Å²) in [6.45, 7) is 0.00274. The third kappa shape index (κ3) is 3.14. The summed E-state index contributed by atoms with van der Waals surface area (Å²) in [5, 5.41) is 21.1. The third-order valence-electron chi connectivity index (χ3n) is 2.76. The van der Waals surface area contributed by atoms with Crippen LogP contribution in [-0.2, 0) is 6.54 Å². The second-order valence-corrected chi connectivity index (χ2v) is 4.11. The number of hydrogen-bond acceptors (Lipinski definition) is 5. The summed E-state index contributed by atoms with van der Waals surface area (Å²) in [4.78, 5) is 22.6. The number of carbonyl (C=O) groups is 2. The largest absolute Gasteiger partial charge is 0.504 e. The van der Waals surface area contributed by atoms with Gasteiger partial charge in [-0.1, -0.05) is 6.07 Å². The number of methoxy groups -OCH3 is 1. The van der Waals surface area contributed by atoms with E-state index in [1.807, 2.05) is 0 Å². The van der Waals surface area contributed by atoms with Gasteiger partial charge in [0.2, 0.25) is 5.76 Å². The predicted octanol–water partition coefficient (Wildman–Crippen LogP) is 1.62. The molecule has 0 atom stereocenters. The van der Waals surface area contributed by atoms with Crippen molar-refractivity contribution in [2.24, 2.45) is 0 Å². The van der Waals surface area contributed by atoms with E-state index < -0.39 is 11.9 Å². The first-order valence-electron chi connectivity index (χ1n) is 5.99. The van der Waals surface area contributed by atoms with Crippen LogP contribution >= 0.6 is 0 Å². The zero-order chi connectivity index (χ0) is 15.4. The van der Waals surface area contributed by atoms with Gasteiger partial charge in [-0.3, -0.25) is 4.79 Å². The number of para-hydroxylation sites is 1. The van der Waals surface area contributed by atoms with Gasteiger partial charge in [0, 0.05) is 0 Å². The number of phenols is 1. The van der Waals surface area contributed by atoms with Crippen molar-refractivity contribution < 1.29 is 29.0 Å². The van der Waals surface area contributed by atoms with Gasteiger partial charge in [0.1, 0.15) is 5.76 Å². The van der Waals surface area contributed by atoms with Crippen LogP contribution in [0, 0.1) is 0 Å². The first-order valence-corrected chi connectivity index (χ1v) is 5.99. The molecular formula is C14H13NO6. The van der Waals surface area contributed by atoms with E-state index in [0.29, 0.717) is 5.76 Å². The average molecular weight is 291 g/mol. The summed E-state index contributed by atoms with van der Waals surface area (Å²) in [6.07, 6.45) is 0. The Labute approximate surface area is 119 Å². The molecule has 1 amide bonds. The smallest absolute Gasteiger partial charge is 0.371 e. The first kappa shape index (κ1) is 14.4. The molecule has 2 aromatic rings. The van der Waals surface area contributed by atoms with Crippen LogP contribution in [0.5, 0.6) is 11.5 Å². The van der Waals surface area contributed by atoms with E-state index >= 15 is 0 Å². The molecule has 0 fully saturated rings. The molecule has 0 radical (unpaired) electrons. The van der Waals surface area contributed by atoms with Crippen LogP contribution in [0.1, 0.15) is 26.7 Å². The quantitative estimate of drug-likeness (QED) is 0.772. The lowest BCUT2D eigenvalue weighted by molar-refractivity contribution is 0.0660. The van der Waals surface area contributed by atoms with E-state index in [-0.39, 0.29) is 29.4 Å². The second-order valence-electron chi connectivity index (χ2n) is 4.11. The number of carbonyl (C=O) groups excluding carboxylic acids is 1. The summed E-state index contributed by atoms with van der Waals surface area (Å²) in [6, 6.07) is 7.29. The number of carboxylic acid groups (broad SMARTS) is 1. The van der Waals surface area contributed by atoms with Crippen molar-refractivity contribution in [2.75, 3.05) is 7.11 Å². The van der Waals surface area contributed by atoms with E-state index in [2.05, 4.69) is 5.32 Å². The minimum absolute atomic E-state index is 0.00274. The van der Waals surface area contributed by atoms with E-state index in [1.165, 1.54) is 31.4 Å². The van der Waals surface area contributed by atoms with Gasteiger partial charge < -0.3 is 24.7 Å². The van der Waals surface area contributed by atoms with Crippen molar-refractivity contribution in [2.45, 2.75) is 6.54 Å². The normalized spacial score (nSPS) is 10.1. The molecule has 0 aliphatic carbocycles. The molecule has 3 N–H and O–H groups in total. The summed E-state index contributed by atoms with van der Waals surface area (Å²) >= 11 is 0. The van der Waals surface area contributed by atoms with Gasteiger partial charge in [0.15, 0.2) is 11.5 Å². The Balaban J connectivity index is 2.06. The van der Waals surface area contributed by atoms with Gasteiger partial charge in [-0.15, -0.1) is 0 Å². The van der Waals surface area contributed by atoms with E-state index in [1.54, 1.807) is 6.07 Å². The number of aromatic carboxylic acids is 1. The Morgan fingerprint density at radius 1 is 1.29 bits per heavy atom. The molecule has 1 aromatic heterocycles. The second kappa shape index (κ2) is 6.00. The molecule has 0 saturated heterocycles. The summed E-state index contributed by atoms with van der Waals surface area (Å²) in [5.41, 5.74) is 0.0550. The lowest BCUT2D eigenvalue weighted by atomic mass is 10.1. The molecular weight excluding hydrogens is 278 g/mol. The lowest BCUT2D eigenvalue weighted by Gasteiger charge is -2.08. The van der Waals surface area contributed by atoms with Crippen LogP contribution in [-0.4, -0.2) is 29.2 Å². The maximum atomic E-state index is 12.0. The molecule has 7 nitrogen and oxygen atoms in total. The number of rotatable bonds is 5. The maximum absolute atomic E-state index is 12.0. The Morgan fingerprint density at radius 3 is 2.67 bits per heavy atom. The molecule has 0 unspecified atom stereocenters. The molecule has 110 valence electrons. The molecule has 0 saturated carbocycles. The average Bonchev–Trinajstić information content (AvgIpc) is 2.94. The predicted molar refractivity (Wildman–Crippen MR) is 71.5 cm³/mol. The van der Waals surface area contributed by atoms with Crippen LogP contribution in [0.4, 0.5) is 0 Å². The highest BCUT2D eigenvalue weighted by molar-refractivity contribution is 5.97. The van der Waals surface area contributed by atoms with Gasteiger partial charge in [-0.2, -0.15) is 0 Å². The Bertz CT molecular complexity index is 676. The van der Waals surface area contributed by atoms with E-state index in [9.17, 15) is 14.7 Å². The van der Waals surface area contributed by atoms with Gasteiger partial charge in [0.25, 0.3) is 5.91 Å². The van der Waals surface area contributed by atoms with Crippen molar-refractivity contribution >= 4 is 11.9 Å². The number of nitrogens with one attached hydrogen (secondary N) is 1. The summed E-state index contributed by atoms with van der Waals surface area (Å²) in [7, 11) is 1.38. The molecule has 2 rings (SSSR count). The molecule has 0 bridgehead atoms.